The molecule has 31 heavy (non-hydrogen) atoms. The Hall–Kier alpha value is -2.93. The molecule has 0 saturated carbocycles. The molecule has 1 atom stereocenters. The molecule has 0 N–H and O–H groups in total. The van der Waals surface area contributed by atoms with Crippen LogP contribution in [0.25, 0.3) is 10.9 Å². The van der Waals surface area contributed by atoms with Crippen molar-refractivity contribution in [3.8, 4) is 5.88 Å². The van der Waals surface area contributed by atoms with Crippen LogP contribution in [0.5, 0.6) is 5.88 Å². The van der Waals surface area contributed by atoms with E-state index in [1.54, 1.807) is 27.9 Å². The second kappa shape index (κ2) is 9.06. The van der Waals surface area contributed by atoms with Crippen molar-refractivity contribution in [1.29, 1.82) is 0 Å². The van der Waals surface area contributed by atoms with Gasteiger partial charge < -0.3 is 9.47 Å². The molecule has 6 nitrogen and oxygen atoms in total. The molecule has 0 aliphatic rings. The molecule has 0 aliphatic carbocycles. The second-order valence-electron chi connectivity index (χ2n) is 8.52. The number of benzene rings is 2. The van der Waals surface area contributed by atoms with Gasteiger partial charge in [-0.1, -0.05) is 42.5 Å². The number of hydrogen-bond acceptors (Lipinski definition) is 5. The van der Waals surface area contributed by atoms with E-state index in [9.17, 15) is 9.00 Å². The lowest BCUT2D eigenvalue weighted by Crippen LogP contribution is -2.22. The predicted molar refractivity (Wildman–Crippen MR) is 124 cm³/mol. The number of fused-ring (bicyclic) bond motifs is 1. The lowest BCUT2D eigenvalue weighted by atomic mass is 10.0. The zero-order valence-corrected chi connectivity index (χ0v) is 19.4. The van der Waals surface area contributed by atoms with Gasteiger partial charge >= 0.3 is 6.09 Å². The highest BCUT2D eigenvalue weighted by Crippen LogP contribution is 2.25. The Bertz CT molecular complexity index is 1200. The highest BCUT2D eigenvalue weighted by atomic mass is 32.2. The number of pyridine rings is 1. The maximum atomic E-state index is 12.7. The van der Waals surface area contributed by atoms with Gasteiger partial charge in [-0.15, -0.1) is 4.36 Å². The summed E-state index contributed by atoms with van der Waals surface area (Å²) in [5, 5.41) is 1.06. The Labute approximate surface area is 183 Å². The van der Waals surface area contributed by atoms with Crippen molar-refractivity contribution in [3.05, 3.63) is 71.3 Å². The number of ether oxygens (including phenoxy) is 2. The topological polar surface area (TPSA) is 77.9 Å². The smallest absolute Gasteiger partial charge is 0.442 e. The summed E-state index contributed by atoms with van der Waals surface area (Å²) < 4.78 is 27.1. The Kier molecular flexibility index (Phi) is 6.65. The van der Waals surface area contributed by atoms with Gasteiger partial charge in [-0.25, -0.2) is 14.0 Å². The molecule has 3 aromatic rings. The standard InChI is InChI=1S/C24H28N2O4S/c1-24(2,3)30-23(27)26-31(5,28)16-18-12-10-17(11-13-18)14-20-15-19-8-6-7-9-21(19)25-22(20)29-4/h6-13,15H,14,16H2,1-5H3/t31-/m1/s1. The van der Waals surface area contributed by atoms with Gasteiger partial charge in [0.1, 0.15) is 5.60 Å². The zero-order valence-electron chi connectivity index (χ0n) is 18.5. The second-order valence-corrected chi connectivity index (χ2v) is 10.9. The minimum absolute atomic E-state index is 0.174. The molecule has 164 valence electrons. The summed E-state index contributed by atoms with van der Waals surface area (Å²) in [4.78, 5) is 16.5. The number of methoxy groups -OCH3 is 1. The summed E-state index contributed by atoms with van der Waals surface area (Å²) in [6.07, 6.45) is 1.33. The average Bonchev–Trinajstić information content (AvgIpc) is 2.66. The Morgan fingerprint density at radius 1 is 1.06 bits per heavy atom. The molecule has 0 spiro atoms. The molecule has 1 aromatic heterocycles. The summed E-state index contributed by atoms with van der Waals surface area (Å²) in [5.74, 6) is 0.781. The van der Waals surface area contributed by atoms with Crippen LogP contribution < -0.4 is 4.74 Å². The number of carbonyl (C=O) groups is 1. The van der Waals surface area contributed by atoms with E-state index in [0.29, 0.717) is 12.3 Å². The van der Waals surface area contributed by atoms with Crippen LogP contribution in [0.15, 0.2) is 59.0 Å². The molecule has 2 aromatic carbocycles. The fourth-order valence-corrected chi connectivity index (χ4v) is 4.43. The summed E-state index contributed by atoms with van der Waals surface area (Å²) in [6, 6.07) is 17.8. The van der Waals surface area contributed by atoms with Crippen LogP contribution >= 0.6 is 0 Å². The SMILES string of the molecule is COc1nc2ccccc2cc1Cc1ccc(C[S@@](C)(=O)=NC(=O)OC(C)(C)C)cc1. The van der Waals surface area contributed by atoms with E-state index in [1.165, 1.54) is 6.26 Å². The zero-order chi connectivity index (χ0) is 22.6. The monoisotopic (exact) mass is 440 g/mol. The van der Waals surface area contributed by atoms with Gasteiger partial charge in [0.25, 0.3) is 0 Å². The van der Waals surface area contributed by atoms with Crippen molar-refractivity contribution in [3.63, 3.8) is 0 Å². The molecule has 0 unspecified atom stereocenters. The number of hydrogen-bond donors (Lipinski definition) is 0. The Balaban J connectivity index is 1.76. The third-order valence-corrected chi connectivity index (χ3v) is 5.87. The van der Waals surface area contributed by atoms with Gasteiger partial charge in [0.15, 0.2) is 0 Å². The highest BCUT2D eigenvalue weighted by Gasteiger charge is 2.17. The lowest BCUT2D eigenvalue weighted by molar-refractivity contribution is 0.0607. The molecule has 0 bridgehead atoms. The molecule has 3 rings (SSSR count). The van der Waals surface area contributed by atoms with Crippen molar-refractivity contribution >= 4 is 26.7 Å². The predicted octanol–water partition coefficient (Wildman–Crippen LogP) is 5.37. The van der Waals surface area contributed by atoms with Crippen LogP contribution in [0.3, 0.4) is 0 Å². The molecule has 0 saturated heterocycles. The van der Waals surface area contributed by atoms with E-state index in [4.69, 9.17) is 9.47 Å². The Morgan fingerprint density at radius 3 is 2.35 bits per heavy atom. The van der Waals surface area contributed by atoms with Gasteiger partial charge in [0.05, 0.1) is 28.1 Å². The first kappa shape index (κ1) is 22.7. The molecule has 7 heteroatoms. The van der Waals surface area contributed by atoms with Crippen LogP contribution in [0.4, 0.5) is 4.79 Å². The summed E-state index contributed by atoms with van der Waals surface area (Å²) in [6.45, 7) is 5.24. The van der Waals surface area contributed by atoms with E-state index in [1.807, 2.05) is 48.5 Å². The molecule has 0 aliphatic heterocycles. The van der Waals surface area contributed by atoms with E-state index in [-0.39, 0.29) is 5.75 Å². The molecule has 0 radical (unpaired) electrons. The molecule has 0 fully saturated rings. The lowest BCUT2D eigenvalue weighted by Gasteiger charge is -2.17. The fourth-order valence-electron chi connectivity index (χ4n) is 3.20. The van der Waals surface area contributed by atoms with E-state index < -0.39 is 21.4 Å². The van der Waals surface area contributed by atoms with Gasteiger partial charge in [-0.05, 0) is 44.0 Å². The number of para-hydroxylation sites is 1. The largest absolute Gasteiger partial charge is 0.481 e. The number of rotatable bonds is 5. The first-order valence-corrected chi connectivity index (χ1v) is 12.1. The number of aromatic nitrogens is 1. The van der Waals surface area contributed by atoms with E-state index in [0.717, 1.165) is 27.6 Å². The van der Waals surface area contributed by atoms with Crippen LogP contribution in [0.1, 0.15) is 37.5 Å². The van der Waals surface area contributed by atoms with Crippen LogP contribution in [0, 0.1) is 0 Å². The van der Waals surface area contributed by atoms with Crippen molar-refractivity contribution < 1.29 is 18.5 Å². The van der Waals surface area contributed by atoms with Gasteiger partial charge in [0, 0.05) is 23.6 Å². The van der Waals surface area contributed by atoms with Crippen LogP contribution in [0.2, 0.25) is 0 Å². The van der Waals surface area contributed by atoms with Crippen molar-refractivity contribution in [2.24, 2.45) is 4.36 Å². The van der Waals surface area contributed by atoms with Gasteiger partial charge in [-0.2, -0.15) is 0 Å². The molecular weight excluding hydrogens is 412 g/mol. The maximum absolute atomic E-state index is 12.7. The van der Waals surface area contributed by atoms with Gasteiger partial charge in [-0.3, -0.25) is 0 Å². The van der Waals surface area contributed by atoms with Crippen LogP contribution in [-0.2, 0) is 26.6 Å². The van der Waals surface area contributed by atoms with Crippen LogP contribution in [-0.4, -0.2) is 34.3 Å². The van der Waals surface area contributed by atoms with Crippen molar-refractivity contribution in [2.75, 3.05) is 13.4 Å². The van der Waals surface area contributed by atoms with E-state index >= 15 is 0 Å². The summed E-state index contributed by atoms with van der Waals surface area (Å²) in [7, 11) is -1.12. The van der Waals surface area contributed by atoms with Gasteiger partial charge in [0.2, 0.25) is 5.88 Å². The first-order valence-electron chi connectivity index (χ1n) is 9.98. The molecular formula is C24H28N2O4S. The third kappa shape index (κ3) is 6.52. The summed E-state index contributed by atoms with van der Waals surface area (Å²) >= 11 is 0. The number of nitrogens with zero attached hydrogens (tertiary/aromatic N) is 2. The third-order valence-electron chi connectivity index (χ3n) is 4.47. The highest BCUT2D eigenvalue weighted by molar-refractivity contribution is 7.92. The minimum Gasteiger partial charge on any atom is -0.481 e. The Morgan fingerprint density at radius 2 is 1.71 bits per heavy atom. The van der Waals surface area contributed by atoms with Crippen molar-refractivity contribution in [2.45, 2.75) is 38.5 Å². The van der Waals surface area contributed by atoms with Crippen molar-refractivity contribution in [1.82, 2.24) is 4.98 Å². The average molecular weight is 441 g/mol. The fraction of sp³-hybridized carbons (Fsp3) is 0.333. The molecule has 1 heterocycles. The minimum atomic E-state index is -2.74. The number of amides is 1. The number of carbonyl (C=O) groups excluding carboxylic acids is 1. The maximum Gasteiger partial charge on any atom is 0.442 e. The summed E-state index contributed by atoms with van der Waals surface area (Å²) in [5.41, 5.74) is 3.13. The normalized spacial score (nSPS) is 13.5. The first-order chi connectivity index (χ1) is 14.5. The quantitative estimate of drug-likeness (QED) is 0.533. The van der Waals surface area contributed by atoms with E-state index in [2.05, 4.69) is 15.4 Å². The molecule has 1 amide bonds.